The number of carbonyl (C=O) groups is 3. The lowest BCUT2D eigenvalue weighted by molar-refractivity contribution is -0.131. The zero-order chi connectivity index (χ0) is 25.1. The highest BCUT2D eigenvalue weighted by Gasteiger charge is 2.34. The van der Waals surface area contributed by atoms with Crippen LogP contribution in [0, 0.1) is 5.41 Å². The molecule has 3 amide bonds. The van der Waals surface area contributed by atoms with E-state index in [4.69, 9.17) is 0 Å². The van der Waals surface area contributed by atoms with Crippen LogP contribution in [-0.4, -0.2) is 65.9 Å². The minimum absolute atomic E-state index is 0.0254. The van der Waals surface area contributed by atoms with Crippen molar-refractivity contribution >= 4 is 18.4 Å². The van der Waals surface area contributed by atoms with Gasteiger partial charge in [-0.3, -0.25) is 20.0 Å². The minimum atomic E-state index is -0.931. The van der Waals surface area contributed by atoms with Crippen molar-refractivity contribution in [1.29, 1.82) is 0 Å². The fourth-order valence-electron chi connectivity index (χ4n) is 3.26. The van der Waals surface area contributed by atoms with Crippen LogP contribution in [0.1, 0.15) is 26.3 Å². The summed E-state index contributed by atoms with van der Waals surface area (Å²) < 4.78 is 4.65. The molecule has 0 spiro atoms. The highest BCUT2D eigenvalue weighted by atomic mass is 16.5. The van der Waals surface area contributed by atoms with E-state index in [2.05, 4.69) is 25.8 Å². The van der Waals surface area contributed by atoms with E-state index in [1.807, 2.05) is 63.2 Å². The Hall–Kier alpha value is -3.50. The molecule has 10 nitrogen and oxygen atoms in total. The number of nitrogens with one attached hydrogen (secondary N) is 3. The molecule has 0 bridgehead atoms. The van der Waals surface area contributed by atoms with Gasteiger partial charge in [-0.05, 0) is 23.1 Å². The van der Waals surface area contributed by atoms with Crippen LogP contribution in [0.3, 0.4) is 0 Å². The van der Waals surface area contributed by atoms with Gasteiger partial charge in [0.1, 0.15) is 6.04 Å². The minimum Gasteiger partial charge on any atom is -0.453 e. The Morgan fingerprint density at radius 2 is 1.88 bits per heavy atom. The van der Waals surface area contributed by atoms with E-state index in [9.17, 15) is 19.5 Å². The molecule has 1 aromatic heterocycles. The van der Waals surface area contributed by atoms with Crippen molar-refractivity contribution in [3.8, 4) is 11.3 Å². The van der Waals surface area contributed by atoms with E-state index in [0.29, 0.717) is 6.41 Å². The Labute approximate surface area is 199 Å². The summed E-state index contributed by atoms with van der Waals surface area (Å²) >= 11 is 0. The number of benzene rings is 1. The van der Waals surface area contributed by atoms with Gasteiger partial charge in [0.15, 0.2) is 0 Å². The maximum atomic E-state index is 13.1. The van der Waals surface area contributed by atoms with Gasteiger partial charge in [-0.25, -0.2) is 9.80 Å². The Bertz CT molecular complexity index is 931. The Kier molecular flexibility index (Phi) is 9.96. The van der Waals surface area contributed by atoms with Gasteiger partial charge in [0.05, 0.1) is 18.9 Å². The van der Waals surface area contributed by atoms with Gasteiger partial charge in [-0.15, -0.1) is 0 Å². The number of aliphatic hydroxyl groups is 1. The number of aromatic nitrogens is 1. The number of hydrazine groups is 1. The molecule has 0 unspecified atom stereocenters. The molecule has 0 saturated heterocycles. The molecular formula is C24H33N5O5. The summed E-state index contributed by atoms with van der Waals surface area (Å²) in [6, 6.07) is 12.5. The van der Waals surface area contributed by atoms with Crippen LogP contribution in [0.25, 0.3) is 11.3 Å². The molecule has 0 aliphatic heterocycles. The third-order valence-corrected chi connectivity index (χ3v) is 5.00. The van der Waals surface area contributed by atoms with Crippen molar-refractivity contribution < 1.29 is 24.2 Å². The lowest BCUT2D eigenvalue weighted by Crippen LogP contribution is -2.58. The number of nitrogens with zero attached hydrogens (tertiary/aromatic N) is 2. The first-order valence-corrected chi connectivity index (χ1v) is 10.9. The lowest BCUT2D eigenvalue weighted by atomic mass is 9.86. The highest BCUT2D eigenvalue weighted by Crippen LogP contribution is 2.20. The molecule has 2 atom stereocenters. The predicted molar refractivity (Wildman–Crippen MR) is 127 cm³/mol. The number of aliphatic hydroxyl groups excluding tert-OH is 1. The molecule has 2 rings (SSSR count). The van der Waals surface area contributed by atoms with E-state index in [1.165, 1.54) is 7.11 Å². The van der Waals surface area contributed by atoms with E-state index in [1.54, 1.807) is 11.2 Å². The zero-order valence-electron chi connectivity index (χ0n) is 19.9. The molecule has 4 N–H and O–H groups in total. The number of methoxy groups -OCH3 is 1. The first kappa shape index (κ1) is 26.7. The largest absolute Gasteiger partial charge is 0.453 e. The van der Waals surface area contributed by atoms with Gasteiger partial charge in [0.25, 0.3) is 5.91 Å². The van der Waals surface area contributed by atoms with Gasteiger partial charge >= 0.3 is 6.09 Å². The van der Waals surface area contributed by atoms with Crippen molar-refractivity contribution in [2.75, 3.05) is 20.2 Å². The second kappa shape index (κ2) is 12.7. The Balaban J connectivity index is 2.18. The van der Waals surface area contributed by atoms with E-state index in [-0.39, 0.29) is 19.6 Å². The molecular weight excluding hydrogens is 438 g/mol. The molecule has 0 saturated carbocycles. The average molecular weight is 472 g/mol. The number of carbonyl (C=O) groups excluding carboxylic acids is 3. The van der Waals surface area contributed by atoms with Gasteiger partial charge in [-0.1, -0.05) is 51.1 Å². The fraction of sp³-hybridized carbons (Fsp3) is 0.417. The molecule has 0 radical (unpaired) electrons. The molecule has 0 fully saturated rings. The second-order valence-electron chi connectivity index (χ2n) is 8.88. The first-order valence-electron chi connectivity index (χ1n) is 10.9. The fourth-order valence-corrected chi connectivity index (χ4v) is 3.26. The number of hydrogen-bond donors (Lipinski definition) is 4. The van der Waals surface area contributed by atoms with Gasteiger partial charge in [-0.2, -0.15) is 0 Å². The summed E-state index contributed by atoms with van der Waals surface area (Å²) in [7, 11) is 1.23. The van der Waals surface area contributed by atoms with Crippen LogP contribution < -0.4 is 16.1 Å². The molecule has 1 aromatic carbocycles. The van der Waals surface area contributed by atoms with Crippen LogP contribution in [0.2, 0.25) is 0 Å². The Morgan fingerprint density at radius 1 is 1.18 bits per heavy atom. The van der Waals surface area contributed by atoms with Crippen molar-refractivity contribution in [3.63, 3.8) is 0 Å². The summed E-state index contributed by atoms with van der Waals surface area (Å²) in [4.78, 5) is 39.8. The van der Waals surface area contributed by atoms with Gasteiger partial charge in [0.2, 0.25) is 6.41 Å². The molecule has 34 heavy (non-hydrogen) atoms. The number of alkyl carbamates (subject to hydrolysis) is 1. The monoisotopic (exact) mass is 471 g/mol. The summed E-state index contributed by atoms with van der Waals surface area (Å²) in [5.74, 6) is -0.460. The maximum Gasteiger partial charge on any atom is 0.407 e. The quantitative estimate of drug-likeness (QED) is 0.288. The maximum absolute atomic E-state index is 13.1. The number of pyridine rings is 1. The third-order valence-electron chi connectivity index (χ3n) is 5.00. The Morgan fingerprint density at radius 3 is 2.44 bits per heavy atom. The summed E-state index contributed by atoms with van der Waals surface area (Å²) in [5.41, 5.74) is 4.86. The lowest BCUT2D eigenvalue weighted by Gasteiger charge is -2.33. The van der Waals surface area contributed by atoms with E-state index < -0.39 is 29.6 Å². The summed E-state index contributed by atoms with van der Waals surface area (Å²) in [5, 5.41) is 16.8. The van der Waals surface area contributed by atoms with Crippen molar-refractivity contribution in [3.05, 3.63) is 54.2 Å². The van der Waals surface area contributed by atoms with Crippen LogP contribution >= 0.6 is 0 Å². The van der Waals surface area contributed by atoms with E-state index >= 15 is 0 Å². The standard InChI is InChI=1S/C24H33N5O5/c1-24(2,3)21(27-23(33)34-4)22(32)28-29(15-19(31)13-25-16-30)14-17-8-10-18(11-9-17)20-7-5-6-12-26-20/h5-12,16,19,21,31H,13-15H2,1-4H3,(H,25,30)(H,27,33)(H,28,32)/t19-,21-/m1/s1. The molecule has 10 heteroatoms. The molecule has 1 heterocycles. The normalized spacial score (nSPS) is 13.0. The van der Waals surface area contributed by atoms with Crippen molar-refractivity contribution in [2.45, 2.75) is 39.5 Å². The number of ether oxygens (including phenoxy) is 1. The third kappa shape index (κ3) is 8.45. The molecule has 0 aliphatic rings. The first-order chi connectivity index (χ1) is 16.1. The van der Waals surface area contributed by atoms with Gasteiger partial charge < -0.3 is 20.5 Å². The van der Waals surface area contributed by atoms with Crippen molar-refractivity contribution in [1.82, 2.24) is 26.1 Å². The average Bonchev–Trinajstić information content (AvgIpc) is 2.81. The van der Waals surface area contributed by atoms with E-state index in [0.717, 1.165) is 16.8 Å². The van der Waals surface area contributed by atoms with Crippen LogP contribution in [0.4, 0.5) is 4.79 Å². The summed E-state index contributed by atoms with van der Waals surface area (Å²) in [6.45, 7) is 5.80. The van der Waals surface area contributed by atoms with Crippen LogP contribution in [0.15, 0.2) is 48.7 Å². The smallest absolute Gasteiger partial charge is 0.407 e. The predicted octanol–water partition coefficient (Wildman–Crippen LogP) is 1.46. The number of hydrogen-bond acceptors (Lipinski definition) is 7. The van der Waals surface area contributed by atoms with Crippen LogP contribution in [0.5, 0.6) is 0 Å². The van der Waals surface area contributed by atoms with Gasteiger partial charge in [0, 0.05) is 31.4 Å². The number of rotatable bonds is 11. The van der Waals surface area contributed by atoms with Crippen molar-refractivity contribution in [2.24, 2.45) is 5.41 Å². The molecule has 184 valence electrons. The summed E-state index contributed by atoms with van der Waals surface area (Å²) in [6.07, 6.45) is 0.573. The highest BCUT2D eigenvalue weighted by molar-refractivity contribution is 5.86. The second-order valence-corrected chi connectivity index (χ2v) is 8.88. The SMILES string of the molecule is COC(=O)N[C@H](C(=O)NN(Cc1ccc(-c2ccccn2)cc1)C[C@H](O)CNC=O)C(C)(C)C. The zero-order valence-corrected chi connectivity index (χ0v) is 19.9. The number of amides is 3. The molecule has 2 aromatic rings. The van der Waals surface area contributed by atoms with Crippen LogP contribution in [-0.2, 0) is 20.9 Å². The topological polar surface area (TPSA) is 133 Å². The molecule has 0 aliphatic carbocycles.